The Morgan fingerprint density at radius 1 is 1.38 bits per heavy atom. The molecule has 116 valence electrons. The standard InChI is InChI=1S/C16H22FNO3/c1-20-10-8-16(19)18-9-2-3-13(11-18)12-21-15-6-4-14(17)5-7-15/h4-7,13H,2-3,8-12H2,1H3/t13-/m1/s1. The van der Waals surface area contributed by atoms with Crippen molar-refractivity contribution in [2.45, 2.75) is 19.3 Å². The van der Waals surface area contributed by atoms with Gasteiger partial charge in [0.1, 0.15) is 11.6 Å². The van der Waals surface area contributed by atoms with Crippen molar-refractivity contribution < 1.29 is 18.7 Å². The lowest BCUT2D eigenvalue weighted by molar-refractivity contribution is -0.134. The Hall–Kier alpha value is -1.62. The Morgan fingerprint density at radius 2 is 2.14 bits per heavy atom. The van der Waals surface area contributed by atoms with Gasteiger partial charge in [-0.2, -0.15) is 0 Å². The van der Waals surface area contributed by atoms with Gasteiger partial charge in [0.15, 0.2) is 0 Å². The lowest BCUT2D eigenvalue weighted by Crippen LogP contribution is -2.41. The van der Waals surface area contributed by atoms with Crippen LogP contribution in [0.5, 0.6) is 5.75 Å². The van der Waals surface area contributed by atoms with E-state index in [0.29, 0.717) is 31.3 Å². The molecule has 0 aliphatic carbocycles. The predicted octanol–water partition coefficient (Wildman–Crippen LogP) is 2.48. The summed E-state index contributed by atoms with van der Waals surface area (Å²) in [7, 11) is 1.60. The zero-order chi connectivity index (χ0) is 15.1. The second-order valence-corrected chi connectivity index (χ2v) is 5.36. The normalized spacial score (nSPS) is 18.6. The van der Waals surface area contributed by atoms with E-state index in [1.807, 2.05) is 4.90 Å². The molecule has 1 saturated heterocycles. The fourth-order valence-electron chi connectivity index (χ4n) is 2.52. The highest BCUT2D eigenvalue weighted by Gasteiger charge is 2.23. The molecule has 21 heavy (non-hydrogen) atoms. The van der Waals surface area contributed by atoms with Crippen molar-refractivity contribution in [2.24, 2.45) is 5.92 Å². The number of benzene rings is 1. The summed E-state index contributed by atoms with van der Waals surface area (Å²) in [6.07, 6.45) is 2.48. The first-order valence-corrected chi connectivity index (χ1v) is 7.34. The minimum atomic E-state index is -0.269. The molecule has 1 heterocycles. The highest BCUT2D eigenvalue weighted by molar-refractivity contribution is 5.76. The Bertz CT molecular complexity index is 449. The first-order valence-electron chi connectivity index (χ1n) is 7.34. The van der Waals surface area contributed by atoms with Gasteiger partial charge in [-0.15, -0.1) is 0 Å². The third-order valence-electron chi connectivity index (χ3n) is 3.69. The quantitative estimate of drug-likeness (QED) is 0.809. The largest absolute Gasteiger partial charge is 0.493 e. The highest BCUT2D eigenvalue weighted by atomic mass is 19.1. The van der Waals surface area contributed by atoms with E-state index in [2.05, 4.69) is 0 Å². The summed E-state index contributed by atoms with van der Waals surface area (Å²) >= 11 is 0. The number of carbonyl (C=O) groups is 1. The van der Waals surface area contributed by atoms with Crippen LogP contribution < -0.4 is 4.74 Å². The van der Waals surface area contributed by atoms with Crippen molar-refractivity contribution in [1.82, 2.24) is 4.90 Å². The average molecular weight is 295 g/mol. The molecule has 5 heteroatoms. The Kier molecular flexibility index (Phi) is 5.99. The van der Waals surface area contributed by atoms with Crippen LogP contribution in [0.1, 0.15) is 19.3 Å². The van der Waals surface area contributed by atoms with E-state index < -0.39 is 0 Å². The van der Waals surface area contributed by atoms with Gasteiger partial charge in [0.25, 0.3) is 0 Å². The number of likely N-dealkylation sites (tertiary alicyclic amines) is 1. The van der Waals surface area contributed by atoms with Crippen molar-refractivity contribution in [1.29, 1.82) is 0 Å². The van der Waals surface area contributed by atoms with Crippen molar-refractivity contribution in [3.63, 3.8) is 0 Å². The topological polar surface area (TPSA) is 38.8 Å². The molecule has 0 unspecified atom stereocenters. The second kappa shape index (κ2) is 7.98. The summed E-state index contributed by atoms with van der Waals surface area (Å²) in [6, 6.07) is 6.02. The van der Waals surface area contributed by atoms with Gasteiger partial charge in [-0.25, -0.2) is 4.39 Å². The molecule has 0 spiro atoms. The number of nitrogens with zero attached hydrogens (tertiary/aromatic N) is 1. The number of methoxy groups -OCH3 is 1. The van der Waals surface area contributed by atoms with Gasteiger partial charge >= 0.3 is 0 Å². The first kappa shape index (κ1) is 15.8. The third-order valence-corrected chi connectivity index (χ3v) is 3.69. The maximum atomic E-state index is 12.8. The predicted molar refractivity (Wildman–Crippen MR) is 77.7 cm³/mol. The lowest BCUT2D eigenvalue weighted by Gasteiger charge is -2.32. The molecule has 0 radical (unpaired) electrons. The minimum absolute atomic E-state index is 0.142. The fourth-order valence-corrected chi connectivity index (χ4v) is 2.52. The number of carbonyl (C=O) groups excluding carboxylic acids is 1. The van der Waals surface area contributed by atoms with Crippen molar-refractivity contribution in [3.05, 3.63) is 30.1 Å². The Balaban J connectivity index is 1.78. The monoisotopic (exact) mass is 295 g/mol. The number of piperidine rings is 1. The molecule has 1 fully saturated rings. The van der Waals surface area contributed by atoms with E-state index in [0.717, 1.165) is 25.9 Å². The van der Waals surface area contributed by atoms with Gasteiger partial charge in [0.05, 0.1) is 19.6 Å². The smallest absolute Gasteiger partial charge is 0.224 e. The molecule has 1 aromatic rings. The Morgan fingerprint density at radius 3 is 2.86 bits per heavy atom. The van der Waals surface area contributed by atoms with E-state index >= 15 is 0 Å². The van der Waals surface area contributed by atoms with Crippen LogP contribution in [0.25, 0.3) is 0 Å². The van der Waals surface area contributed by atoms with Crippen LogP contribution in [0.4, 0.5) is 4.39 Å². The summed E-state index contributed by atoms with van der Waals surface area (Å²) in [4.78, 5) is 13.9. The SMILES string of the molecule is COCCC(=O)N1CCC[C@@H](COc2ccc(F)cc2)C1. The van der Waals surface area contributed by atoms with E-state index in [1.165, 1.54) is 12.1 Å². The van der Waals surface area contributed by atoms with Crippen LogP contribution in [0, 0.1) is 11.7 Å². The molecule has 1 atom stereocenters. The minimum Gasteiger partial charge on any atom is -0.493 e. The number of rotatable bonds is 6. The molecular weight excluding hydrogens is 273 g/mol. The fraction of sp³-hybridized carbons (Fsp3) is 0.562. The van der Waals surface area contributed by atoms with Crippen LogP contribution >= 0.6 is 0 Å². The molecule has 1 aromatic carbocycles. The van der Waals surface area contributed by atoms with Crippen LogP contribution in [0.15, 0.2) is 24.3 Å². The summed E-state index contributed by atoms with van der Waals surface area (Å²) in [5, 5.41) is 0. The zero-order valence-electron chi connectivity index (χ0n) is 12.4. The summed E-state index contributed by atoms with van der Waals surface area (Å²) in [6.45, 7) is 2.56. The van der Waals surface area contributed by atoms with E-state index in [9.17, 15) is 9.18 Å². The van der Waals surface area contributed by atoms with Crippen LogP contribution in [-0.4, -0.2) is 44.2 Å². The van der Waals surface area contributed by atoms with Gasteiger partial charge in [0.2, 0.25) is 5.91 Å². The Labute approximate surface area is 124 Å². The second-order valence-electron chi connectivity index (χ2n) is 5.36. The number of halogens is 1. The average Bonchev–Trinajstić information content (AvgIpc) is 2.52. The third kappa shape index (κ3) is 5.01. The van der Waals surface area contributed by atoms with E-state index in [-0.39, 0.29) is 11.7 Å². The van der Waals surface area contributed by atoms with Crippen LogP contribution in [-0.2, 0) is 9.53 Å². The number of amides is 1. The van der Waals surface area contributed by atoms with E-state index in [4.69, 9.17) is 9.47 Å². The van der Waals surface area contributed by atoms with Gasteiger partial charge in [-0.05, 0) is 37.1 Å². The van der Waals surface area contributed by atoms with Gasteiger partial charge < -0.3 is 14.4 Å². The molecule has 0 aromatic heterocycles. The molecule has 1 aliphatic rings. The maximum absolute atomic E-state index is 12.8. The molecule has 0 N–H and O–H groups in total. The lowest BCUT2D eigenvalue weighted by atomic mass is 9.98. The van der Waals surface area contributed by atoms with E-state index in [1.54, 1.807) is 19.2 Å². The van der Waals surface area contributed by atoms with Gasteiger partial charge in [-0.3, -0.25) is 4.79 Å². The highest BCUT2D eigenvalue weighted by Crippen LogP contribution is 2.19. The first-order chi connectivity index (χ1) is 10.2. The molecular formula is C16H22FNO3. The molecule has 1 aliphatic heterocycles. The van der Waals surface area contributed by atoms with Crippen molar-refractivity contribution >= 4 is 5.91 Å². The molecule has 1 amide bonds. The van der Waals surface area contributed by atoms with Crippen LogP contribution in [0.3, 0.4) is 0 Å². The van der Waals surface area contributed by atoms with Gasteiger partial charge in [0, 0.05) is 26.1 Å². The van der Waals surface area contributed by atoms with Crippen molar-refractivity contribution in [3.8, 4) is 5.75 Å². The molecule has 0 bridgehead atoms. The number of hydrogen-bond donors (Lipinski definition) is 0. The number of ether oxygens (including phenoxy) is 2. The number of hydrogen-bond acceptors (Lipinski definition) is 3. The molecule has 0 saturated carbocycles. The van der Waals surface area contributed by atoms with Crippen molar-refractivity contribution in [2.75, 3.05) is 33.4 Å². The zero-order valence-corrected chi connectivity index (χ0v) is 12.4. The summed E-state index contributed by atoms with van der Waals surface area (Å²) in [5.41, 5.74) is 0. The van der Waals surface area contributed by atoms with Gasteiger partial charge in [-0.1, -0.05) is 0 Å². The molecule has 4 nitrogen and oxygen atoms in total. The molecule has 2 rings (SSSR count). The van der Waals surface area contributed by atoms with Crippen LogP contribution in [0.2, 0.25) is 0 Å². The summed E-state index contributed by atoms with van der Waals surface area (Å²) < 4.78 is 23.4. The maximum Gasteiger partial charge on any atom is 0.224 e. The summed E-state index contributed by atoms with van der Waals surface area (Å²) in [5.74, 6) is 0.868.